The smallest absolute Gasteiger partial charge is 0.410 e. The van der Waals surface area contributed by atoms with Crippen molar-refractivity contribution in [3.8, 4) is 5.75 Å². The fraction of sp³-hybridized carbons (Fsp3) is 0.462. The Kier molecular flexibility index (Phi) is 3.52. The van der Waals surface area contributed by atoms with Crippen molar-refractivity contribution in [2.75, 3.05) is 13.2 Å². The first kappa shape index (κ1) is 11.8. The van der Waals surface area contributed by atoms with Crippen molar-refractivity contribution in [3.05, 3.63) is 29.8 Å². The van der Waals surface area contributed by atoms with E-state index in [0.29, 0.717) is 19.7 Å². The first-order valence-corrected chi connectivity index (χ1v) is 5.83. The van der Waals surface area contributed by atoms with Gasteiger partial charge in [-0.2, -0.15) is 0 Å². The van der Waals surface area contributed by atoms with Crippen LogP contribution in [-0.2, 0) is 11.3 Å². The lowest BCUT2D eigenvalue weighted by Gasteiger charge is -2.20. The van der Waals surface area contributed by atoms with E-state index < -0.39 is 0 Å². The Morgan fingerprint density at radius 3 is 2.94 bits per heavy atom. The maximum Gasteiger partial charge on any atom is 0.410 e. The number of carbonyl (C=O) groups is 1. The summed E-state index contributed by atoms with van der Waals surface area (Å²) >= 11 is 0. The second-order valence-corrected chi connectivity index (χ2v) is 4.31. The van der Waals surface area contributed by atoms with E-state index >= 15 is 0 Å². The molecule has 0 unspecified atom stereocenters. The summed E-state index contributed by atoms with van der Waals surface area (Å²) in [5.41, 5.74) is 1.02. The standard InChI is InChI=1S/C13H17NO3/c1-10(2)17-13(15)14-7-8-16-12-6-4-3-5-11(12)9-14/h3-6,10H,7-9H2,1-2H3. The topological polar surface area (TPSA) is 38.8 Å². The molecule has 0 saturated heterocycles. The highest BCUT2D eigenvalue weighted by Gasteiger charge is 2.21. The lowest BCUT2D eigenvalue weighted by atomic mass is 10.2. The molecule has 0 saturated carbocycles. The van der Waals surface area contributed by atoms with Gasteiger partial charge >= 0.3 is 6.09 Å². The molecule has 1 amide bonds. The van der Waals surface area contributed by atoms with Gasteiger partial charge in [-0.25, -0.2) is 4.79 Å². The lowest BCUT2D eigenvalue weighted by molar-refractivity contribution is 0.0727. The number of para-hydroxylation sites is 1. The van der Waals surface area contributed by atoms with Crippen LogP contribution < -0.4 is 4.74 Å². The van der Waals surface area contributed by atoms with E-state index in [1.165, 1.54) is 0 Å². The number of benzene rings is 1. The highest BCUT2D eigenvalue weighted by molar-refractivity contribution is 5.68. The third-order valence-corrected chi connectivity index (χ3v) is 2.55. The zero-order valence-electron chi connectivity index (χ0n) is 10.2. The summed E-state index contributed by atoms with van der Waals surface area (Å²) < 4.78 is 10.8. The van der Waals surface area contributed by atoms with Crippen LogP contribution in [0.25, 0.3) is 0 Å². The number of rotatable bonds is 1. The van der Waals surface area contributed by atoms with Gasteiger partial charge in [0.1, 0.15) is 12.4 Å². The summed E-state index contributed by atoms with van der Waals surface area (Å²) in [6.45, 7) is 5.30. The fourth-order valence-corrected chi connectivity index (χ4v) is 1.76. The second kappa shape index (κ2) is 5.08. The van der Waals surface area contributed by atoms with Crippen LogP contribution in [0, 0.1) is 0 Å². The van der Waals surface area contributed by atoms with Gasteiger partial charge in [0.25, 0.3) is 0 Å². The van der Waals surface area contributed by atoms with Crippen LogP contribution in [0.15, 0.2) is 24.3 Å². The zero-order chi connectivity index (χ0) is 12.3. The Balaban J connectivity index is 2.10. The third kappa shape index (κ3) is 2.90. The van der Waals surface area contributed by atoms with Gasteiger partial charge in [-0.15, -0.1) is 0 Å². The van der Waals surface area contributed by atoms with Crippen LogP contribution in [-0.4, -0.2) is 30.2 Å². The predicted molar refractivity (Wildman–Crippen MR) is 64.0 cm³/mol. The number of ether oxygens (including phenoxy) is 2. The Morgan fingerprint density at radius 1 is 1.41 bits per heavy atom. The average molecular weight is 235 g/mol. The number of hydrogen-bond acceptors (Lipinski definition) is 3. The molecule has 0 atom stereocenters. The van der Waals surface area contributed by atoms with Crippen molar-refractivity contribution < 1.29 is 14.3 Å². The molecule has 1 aromatic carbocycles. The van der Waals surface area contributed by atoms with E-state index in [1.54, 1.807) is 4.90 Å². The minimum absolute atomic E-state index is 0.0954. The van der Waals surface area contributed by atoms with Crippen molar-refractivity contribution in [1.82, 2.24) is 4.90 Å². The van der Waals surface area contributed by atoms with Crippen LogP contribution in [0.4, 0.5) is 4.79 Å². The van der Waals surface area contributed by atoms with E-state index in [4.69, 9.17) is 9.47 Å². The van der Waals surface area contributed by atoms with Gasteiger partial charge in [-0.1, -0.05) is 18.2 Å². The molecule has 0 radical (unpaired) electrons. The normalized spacial score (nSPS) is 14.9. The first-order chi connectivity index (χ1) is 8.16. The molecule has 4 nitrogen and oxygen atoms in total. The van der Waals surface area contributed by atoms with Gasteiger partial charge in [0, 0.05) is 5.56 Å². The number of nitrogens with zero attached hydrogens (tertiary/aromatic N) is 1. The van der Waals surface area contributed by atoms with Crippen LogP contribution in [0.1, 0.15) is 19.4 Å². The van der Waals surface area contributed by atoms with Gasteiger partial charge in [0.15, 0.2) is 0 Å². The minimum atomic E-state index is -0.277. The molecule has 0 aromatic heterocycles. The van der Waals surface area contributed by atoms with Gasteiger partial charge in [-0.3, -0.25) is 0 Å². The van der Waals surface area contributed by atoms with E-state index in [-0.39, 0.29) is 12.2 Å². The summed E-state index contributed by atoms with van der Waals surface area (Å²) in [4.78, 5) is 13.5. The van der Waals surface area contributed by atoms with Gasteiger partial charge in [-0.05, 0) is 19.9 Å². The van der Waals surface area contributed by atoms with E-state index in [1.807, 2.05) is 38.1 Å². The minimum Gasteiger partial charge on any atom is -0.491 e. The average Bonchev–Trinajstić information content (AvgIpc) is 2.49. The zero-order valence-corrected chi connectivity index (χ0v) is 10.2. The third-order valence-electron chi connectivity index (χ3n) is 2.55. The first-order valence-electron chi connectivity index (χ1n) is 5.83. The lowest BCUT2D eigenvalue weighted by Crippen LogP contribution is -2.34. The molecule has 0 spiro atoms. The maximum atomic E-state index is 11.8. The number of amides is 1. The van der Waals surface area contributed by atoms with Crippen LogP contribution in [0.5, 0.6) is 5.75 Å². The number of hydrogen-bond donors (Lipinski definition) is 0. The van der Waals surface area contributed by atoms with Gasteiger partial charge in [0.05, 0.1) is 19.2 Å². The molecule has 4 heteroatoms. The summed E-state index contributed by atoms with van der Waals surface area (Å²) in [6, 6.07) is 7.77. The van der Waals surface area contributed by atoms with Crippen molar-refractivity contribution in [2.45, 2.75) is 26.5 Å². The molecule has 1 aliphatic rings. The van der Waals surface area contributed by atoms with Crippen LogP contribution >= 0.6 is 0 Å². The molecular formula is C13H17NO3. The molecule has 17 heavy (non-hydrogen) atoms. The highest BCUT2D eigenvalue weighted by atomic mass is 16.6. The van der Waals surface area contributed by atoms with Crippen molar-refractivity contribution in [2.24, 2.45) is 0 Å². The molecule has 1 heterocycles. The Bertz CT molecular complexity index is 403. The Morgan fingerprint density at radius 2 is 2.18 bits per heavy atom. The molecule has 1 aliphatic heterocycles. The monoisotopic (exact) mass is 235 g/mol. The van der Waals surface area contributed by atoms with Crippen molar-refractivity contribution in [1.29, 1.82) is 0 Å². The van der Waals surface area contributed by atoms with Gasteiger partial charge < -0.3 is 14.4 Å². The number of carbonyl (C=O) groups excluding carboxylic acids is 1. The van der Waals surface area contributed by atoms with Crippen molar-refractivity contribution in [3.63, 3.8) is 0 Å². The van der Waals surface area contributed by atoms with Crippen molar-refractivity contribution >= 4 is 6.09 Å². The van der Waals surface area contributed by atoms with Gasteiger partial charge in [0.2, 0.25) is 0 Å². The Hall–Kier alpha value is -1.71. The van der Waals surface area contributed by atoms with E-state index in [9.17, 15) is 4.79 Å². The second-order valence-electron chi connectivity index (χ2n) is 4.31. The summed E-state index contributed by atoms with van der Waals surface area (Å²) in [5.74, 6) is 0.854. The maximum absolute atomic E-state index is 11.8. The molecule has 92 valence electrons. The predicted octanol–water partition coefficient (Wildman–Crippen LogP) is 2.43. The quantitative estimate of drug-likeness (QED) is 0.750. The van der Waals surface area contributed by atoms with Crippen LogP contribution in [0.2, 0.25) is 0 Å². The molecular weight excluding hydrogens is 218 g/mol. The van der Waals surface area contributed by atoms with E-state index in [2.05, 4.69) is 0 Å². The van der Waals surface area contributed by atoms with E-state index in [0.717, 1.165) is 11.3 Å². The molecule has 0 N–H and O–H groups in total. The number of fused-ring (bicyclic) bond motifs is 1. The summed E-state index contributed by atoms with van der Waals surface area (Å²) in [7, 11) is 0. The summed E-state index contributed by atoms with van der Waals surface area (Å²) in [5, 5.41) is 0. The Labute approximate surface area is 101 Å². The SMILES string of the molecule is CC(C)OC(=O)N1CCOc2ccccc2C1. The molecule has 0 bridgehead atoms. The largest absolute Gasteiger partial charge is 0.491 e. The van der Waals surface area contributed by atoms with Crippen LogP contribution in [0.3, 0.4) is 0 Å². The fourth-order valence-electron chi connectivity index (χ4n) is 1.76. The highest BCUT2D eigenvalue weighted by Crippen LogP contribution is 2.22. The molecule has 0 fully saturated rings. The molecule has 1 aromatic rings. The summed E-state index contributed by atoms with van der Waals surface area (Å²) in [6.07, 6.45) is -0.373. The molecule has 2 rings (SSSR count). The molecule has 0 aliphatic carbocycles.